The van der Waals surface area contributed by atoms with E-state index in [2.05, 4.69) is 17.6 Å². The molecule has 2 aliphatic rings. The number of carbonyl (C=O) groups excluding carboxylic acids is 1. The minimum Gasteiger partial charge on any atom is -0.338 e. The maximum atomic E-state index is 12.4. The highest BCUT2D eigenvalue weighted by Crippen LogP contribution is 2.37. The Morgan fingerprint density at radius 2 is 2.11 bits per heavy atom. The highest BCUT2D eigenvalue weighted by atomic mass is 32.1. The average Bonchev–Trinajstić information content (AvgIpc) is 3.01. The molecule has 1 fully saturated rings. The number of nitrogens with zero attached hydrogens (tertiary/aromatic N) is 2. The van der Waals surface area contributed by atoms with Crippen LogP contribution in [0.3, 0.4) is 0 Å². The number of carbonyl (C=O) groups is 1. The molecule has 1 unspecified atom stereocenters. The molecule has 1 aromatic rings. The number of rotatable bonds is 1. The Hall–Kier alpha value is -1.29. The van der Waals surface area contributed by atoms with Crippen LogP contribution in [0.5, 0.6) is 0 Å². The molecule has 0 aliphatic carbocycles. The third kappa shape index (κ3) is 2.05. The van der Waals surface area contributed by atoms with E-state index >= 15 is 0 Å². The molecule has 18 heavy (non-hydrogen) atoms. The minimum absolute atomic E-state index is 0.132. The van der Waals surface area contributed by atoms with Gasteiger partial charge in [0.15, 0.2) is 0 Å². The first kappa shape index (κ1) is 11.8. The summed E-state index contributed by atoms with van der Waals surface area (Å²) in [6.45, 7) is 2.58. The zero-order valence-corrected chi connectivity index (χ0v) is 11.1. The summed E-state index contributed by atoms with van der Waals surface area (Å²) in [6, 6.07) is 7.42. The van der Waals surface area contributed by atoms with Gasteiger partial charge in [-0.25, -0.2) is 0 Å². The van der Waals surface area contributed by atoms with Crippen LogP contribution in [0.2, 0.25) is 0 Å². The van der Waals surface area contributed by atoms with Crippen LogP contribution in [0, 0.1) is 5.41 Å². The first-order chi connectivity index (χ1) is 8.69. The molecule has 0 aromatic heterocycles. The summed E-state index contributed by atoms with van der Waals surface area (Å²) in [4.78, 5) is 19.5. The Kier molecular flexibility index (Phi) is 2.90. The molecule has 0 N–H and O–H groups in total. The Labute approximate surface area is 112 Å². The standard InChI is InChI=1S/C14H16N2OS/c17-13(11-1-3-12(18)4-2-11)16-8-6-14(10-16)5-7-15-9-14/h1-4,7,18H,5-6,8-10H2. The maximum Gasteiger partial charge on any atom is 0.253 e. The monoisotopic (exact) mass is 260 g/mol. The highest BCUT2D eigenvalue weighted by Gasteiger charge is 2.41. The fourth-order valence-electron chi connectivity index (χ4n) is 2.77. The second-order valence-electron chi connectivity index (χ2n) is 5.25. The van der Waals surface area contributed by atoms with Gasteiger partial charge in [-0.15, -0.1) is 12.6 Å². The largest absolute Gasteiger partial charge is 0.338 e. The van der Waals surface area contributed by atoms with E-state index in [-0.39, 0.29) is 11.3 Å². The summed E-state index contributed by atoms with van der Waals surface area (Å²) in [5.41, 5.74) is 0.989. The van der Waals surface area contributed by atoms with Gasteiger partial charge in [0.2, 0.25) is 0 Å². The van der Waals surface area contributed by atoms with Gasteiger partial charge >= 0.3 is 0 Å². The van der Waals surface area contributed by atoms with Crippen molar-refractivity contribution < 1.29 is 4.79 Å². The fourth-order valence-corrected chi connectivity index (χ4v) is 2.92. The molecule has 4 heteroatoms. The average molecular weight is 260 g/mol. The zero-order chi connectivity index (χ0) is 12.6. The van der Waals surface area contributed by atoms with Gasteiger partial charge in [0.1, 0.15) is 0 Å². The molecule has 1 aromatic carbocycles. The molecule has 2 aliphatic heterocycles. The second-order valence-corrected chi connectivity index (χ2v) is 5.77. The van der Waals surface area contributed by atoms with Crippen LogP contribution in [-0.2, 0) is 0 Å². The topological polar surface area (TPSA) is 32.7 Å². The molecular formula is C14H16N2OS. The van der Waals surface area contributed by atoms with Gasteiger partial charge in [-0.1, -0.05) is 0 Å². The van der Waals surface area contributed by atoms with Crippen LogP contribution in [-0.4, -0.2) is 36.7 Å². The van der Waals surface area contributed by atoms with Gasteiger partial charge in [-0.2, -0.15) is 0 Å². The third-order valence-corrected chi connectivity index (χ3v) is 4.22. The van der Waals surface area contributed by atoms with Crippen LogP contribution < -0.4 is 0 Å². The Morgan fingerprint density at radius 3 is 2.78 bits per heavy atom. The van der Waals surface area contributed by atoms with E-state index < -0.39 is 0 Å². The first-order valence-corrected chi connectivity index (χ1v) is 6.70. The van der Waals surface area contributed by atoms with Gasteiger partial charge in [-0.05, 0) is 43.3 Å². The maximum absolute atomic E-state index is 12.4. The van der Waals surface area contributed by atoms with Crippen LogP contribution in [0.1, 0.15) is 23.2 Å². The van der Waals surface area contributed by atoms with Crippen molar-refractivity contribution in [2.24, 2.45) is 10.4 Å². The van der Waals surface area contributed by atoms with Crippen molar-refractivity contribution in [3.8, 4) is 0 Å². The SMILES string of the molecule is O=C(c1ccc(S)cc1)N1CCC2(CC=NC2)C1. The van der Waals surface area contributed by atoms with Gasteiger partial charge in [-0.3, -0.25) is 9.79 Å². The molecule has 1 spiro atoms. The van der Waals surface area contributed by atoms with Gasteiger partial charge in [0.25, 0.3) is 5.91 Å². The summed E-state index contributed by atoms with van der Waals surface area (Å²) in [6.07, 6.45) is 4.10. The lowest BCUT2D eigenvalue weighted by molar-refractivity contribution is 0.0776. The van der Waals surface area contributed by atoms with E-state index in [9.17, 15) is 4.79 Å². The van der Waals surface area contributed by atoms with Crippen molar-refractivity contribution in [2.75, 3.05) is 19.6 Å². The lowest BCUT2D eigenvalue weighted by Gasteiger charge is -2.22. The molecule has 0 saturated carbocycles. The molecule has 1 atom stereocenters. The number of hydrogen-bond donors (Lipinski definition) is 1. The summed E-state index contributed by atoms with van der Waals surface area (Å²) < 4.78 is 0. The Balaban J connectivity index is 1.72. The number of amides is 1. The summed E-state index contributed by atoms with van der Waals surface area (Å²) in [7, 11) is 0. The van der Waals surface area contributed by atoms with Gasteiger partial charge in [0, 0.05) is 35.5 Å². The molecule has 0 radical (unpaired) electrons. The molecule has 94 valence electrons. The van der Waals surface area contributed by atoms with E-state index in [0.29, 0.717) is 0 Å². The summed E-state index contributed by atoms with van der Waals surface area (Å²) in [5, 5.41) is 0. The smallest absolute Gasteiger partial charge is 0.253 e. The predicted octanol–water partition coefficient (Wildman–Crippen LogP) is 2.28. The quantitative estimate of drug-likeness (QED) is 0.772. The van der Waals surface area contributed by atoms with Crippen molar-refractivity contribution >= 4 is 24.8 Å². The lowest BCUT2D eigenvalue weighted by Crippen LogP contribution is -2.32. The zero-order valence-electron chi connectivity index (χ0n) is 10.2. The highest BCUT2D eigenvalue weighted by molar-refractivity contribution is 7.80. The first-order valence-electron chi connectivity index (χ1n) is 6.25. The molecule has 1 saturated heterocycles. The normalized spacial score (nSPS) is 26.2. The number of thiol groups is 1. The van der Waals surface area contributed by atoms with Crippen LogP contribution >= 0.6 is 12.6 Å². The lowest BCUT2D eigenvalue weighted by atomic mass is 9.86. The summed E-state index contributed by atoms with van der Waals surface area (Å²) >= 11 is 4.23. The van der Waals surface area contributed by atoms with E-state index in [1.807, 2.05) is 35.4 Å². The number of likely N-dealkylation sites (tertiary alicyclic amines) is 1. The number of benzene rings is 1. The number of aliphatic imine (C=N–C) groups is 1. The molecule has 1 amide bonds. The van der Waals surface area contributed by atoms with Crippen molar-refractivity contribution in [1.29, 1.82) is 0 Å². The van der Waals surface area contributed by atoms with Crippen LogP contribution in [0.25, 0.3) is 0 Å². The molecule has 0 bridgehead atoms. The summed E-state index contributed by atoms with van der Waals surface area (Å²) in [5.74, 6) is 0.132. The third-order valence-electron chi connectivity index (χ3n) is 3.92. The fraction of sp³-hybridized carbons (Fsp3) is 0.429. The van der Waals surface area contributed by atoms with Gasteiger partial charge in [0.05, 0.1) is 0 Å². The van der Waals surface area contributed by atoms with E-state index in [1.165, 1.54) is 0 Å². The molecule has 3 nitrogen and oxygen atoms in total. The van der Waals surface area contributed by atoms with Crippen LogP contribution in [0.15, 0.2) is 34.2 Å². The van der Waals surface area contributed by atoms with Crippen molar-refractivity contribution in [2.45, 2.75) is 17.7 Å². The Bertz CT molecular complexity index is 487. The van der Waals surface area contributed by atoms with Crippen molar-refractivity contribution in [1.82, 2.24) is 4.90 Å². The molecule has 2 heterocycles. The predicted molar refractivity (Wildman–Crippen MR) is 74.6 cm³/mol. The number of hydrogen-bond acceptors (Lipinski definition) is 3. The van der Waals surface area contributed by atoms with E-state index in [4.69, 9.17) is 0 Å². The van der Waals surface area contributed by atoms with Gasteiger partial charge < -0.3 is 4.90 Å². The van der Waals surface area contributed by atoms with E-state index in [1.54, 1.807) is 0 Å². The van der Waals surface area contributed by atoms with Crippen LogP contribution in [0.4, 0.5) is 0 Å². The Morgan fingerprint density at radius 1 is 1.33 bits per heavy atom. The van der Waals surface area contributed by atoms with Crippen molar-refractivity contribution in [3.63, 3.8) is 0 Å². The van der Waals surface area contributed by atoms with Crippen molar-refractivity contribution in [3.05, 3.63) is 29.8 Å². The molecule has 3 rings (SSSR count). The second kappa shape index (κ2) is 4.43. The molecular weight excluding hydrogens is 244 g/mol. The van der Waals surface area contributed by atoms with E-state index in [0.717, 1.165) is 42.9 Å². The minimum atomic E-state index is 0.132.